The van der Waals surface area contributed by atoms with E-state index in [1.54, 1.807) is 0 Å². The van der Waals surface area contributed by atoms with Crippen molar-refractivity contribution in [3.8, 4) is 0 Å². The molecule has 0 unspecified atom stereocenters. The lowest BCUT2D eigenvalue weighted by Gasteiger charge is -2.22. The first-order valence-electron chi connectivity index (χ1n) is 10.3. The van der Waals surface area contributed by atoms with Crippen LogP contribution in [0.15, 0.2) is 29.3 Å². The Morgan fingerprint density at radius 3 is 2.62 bits per heavy atom. The number of allylic oxidation sites excluding steroid dienone is 5. The van der Waals surface area contributed by atoms with Crippen molar-refractivity contribution in [2.45, 2.75) is 70.8 Å². The second kappa shape index (κ2) is 10.1. The predicted octanol–water partition coefficient (Wildman–Crippen LogP) is 5.57. The minimum Gasteiger partial charge on any atom is -0.316 e. The highest BCUT2D eigenvalue weighted by molar-refractivity contribution is 6.31. The van der Waals surface area contributed by atoms with Gasteiger partial charge in [0.2, 0.25) is 0 Å². The molecule has 0 amide bonds. The van der Waals surface area contributed by atoms with Crippen LogP contribution >= 0.6 is 11.6 Å². The maximum Gasteiger partial charge on any atom is 0.0886 e. The highest BCUT2D eigenvalue weighted by atomic mass is 35.5. The number of nitrogens with zero attached hydrogens (tertiary/aromatic N) is 2. The smallest absolute Gasteiger partial charge is 0.0886 e. The number of aromatic nitrogens is 2. The molecule has 1 aromatic heterocycles. The molecule has 1 aromatic rings. The second-order valence-corrected chi connectivity index (χ2v) is 7.85. The molecule has 1 fully saturated rings. The van der Waals surface area contributed by atoms with Crippen LogP contribution in [0.25, 0.3) is 6.08 Å². The molecule has 0 saturated heterocycles. The van der Waals surface area contributed by atoms with E-state index in [1.165, 1.54) is 56.2 Å². The number of fused-ring (bicyclic) bond motifs is 1. The Kier molecular flexibility index (Phi) is 7.57. The van der Waals surface area contributed by atoms with Crippen molar-refractivity contribution < 1.29 is 0 Å². The zero-order valence-corrected chi connectivity index (χ0v) is 16.8. The van der Waals surface area contributed by atoms with E-state index in [9.17, 15) is 0 Å². The van der Waals surface area contributed by atoms with E-state index in [-0.39, 0.29) is 0 Å². The lowest BCUT2D eigenvalue weighted by Crippen LogP contribution is -2.19. The molecule has 1 aliphatic heterocycles. The SMILES string of the molecule is C\C=C/C(Cl)=C\C=C\c1nn(C2CCCCCCC2)c2c1CCNCC2. The molecule has 3 rings (SSSR count). The van der Waals surface area contributed by atoms with Gasteiger partial charge in [-0.1, -0.05) is 55.9 Å². The number of hydrogen-bond donors (Lipinski definition) is 1. The van der Waals surface area contributed by atoms with Crippen molar-refractivity contribution in [3.05, 3.63) is 46.3 Å². The van der Waals surface area contributed by atoms with Gasteiger partial charge >= 0.3 is 0 Å². The molecule has 2 aliphatic rings. The fourth-order valence-corrected chi connectivity index (χ4v) is 4.37. The molecule has 1 aliphatic carbocycles. The normalized spacial score (nSPS) is 20.9. The largest absolute Gasteiger partial charge is 0.316 e. The van der Waals surface area contributed by atoms with Crippen molar-refractivity contribution in [1.82, 2.24) is 15.1 Å². The van der Waals surface area contributed by atoms with Gasteiger partial charge < -0.3 is 5.32 Å². The van der Waals surface area contributed by atoms with Gasteiger partial charge in [-0.3, -0.25) is 4.68 Å². The van der Waals surface area contributed by atoms with Crippen LogP contribution in [-0.4, -0.2) is 22.9 Å². The summed E-state index contributed by atoms with van der Waals surface area (Å²) >= 11 is 6.16. The molecule has 1 N–H and O–H groups in total. The van der Waals surface area contributed by atoms with Crippen molar-refractivity contribution in [2.24, 2.45) is 0 Å². The Hall–Kier alpha value is -1.32. The van der Waals surface area contributed by atoms with E-state index in [1.807, 2.05) is 31.2 Å². The number of hydrogen-bond acceptors (Lipinski definition) is 2. The number of rotatable bonds is 4. The van der Waals surface area contributed by atoms with Crippen LogP contribution in [0.3, 0.4) is 0 Å². The van der Waals surface area contributed by atoms with Gasteiger partial charge in [0.1, 0.15) is 0 Å². The van der Waals surface area contributed by atoms with Gasteiger partial charge in [-0.15, -0.1) is 0 Å². The van der Waals surface area contributed by atoms with Crippen molar-refractivity contribution in [1.29, 1.82) is 0 Å². The Morgan fingerprint density at radius 1 is 1.12 bits per heavy atom. The third kappa shape index (κ3) is 5.11. The van der Waals surface area contributed by atoms with Crippen LogP contribution in [0.5, 0.6) is 0 Å². The van der Waals surface area contributed by atoms with Crippen LogP contribution < -0.4 is 5.32 Å². The van der Waals surface area contributed by atoms with Gasteiger partial charge in [-0.05, 0) is 51.0 Å². The van der Waals surface area contributed by atoms with Gasteiger partial charge in [0.05, 0.1) is 11.7 Å². The third-order valence-electron chi connectivity index (χ3n) is 5.50. The van der Waals surface area contributed by atoms with E-state index in [0.717, 1.165) is 36.7 Å². The average molecular weight is 374 g/mol. The highest BCUT2D eigenvalue weighted by Crippen LogP contribution is 2.30. The Balaban J connectivity index is 1.88. The molecule has 0 atom stereocenters. The van der Waals surface area contributed by atoms with Crippen LogP contribution in [0.2, 0.25) is 0 Å². The fourth-order valence-electron chi connectivity index (χ4n) is 4.17. The minimum atomic E-state index is 0.575. The Labute approximate surface area is 163 Å². The van der Waals surface area contributed by atoms with E-state index >= 15 is 0 Å². The predicted molar refractivity (Wildman–Crippen MR) is 112 cm³/mol. The molecule has 0 spiro atoms. The zero-order chi connectivity index (χ0) is 18.2. The first kappa shape index (κ1) is 19.4. The maximum atomic E-state index is 6.16. The Morgan fingerprint density at radius 2 is 1.85 bits per heavy atom. The maximum absolute atomic E-state index is 6.16. The van der Waals surface area contributed by atoms with Gasteiger partial charge in [0.25, 0.3) is 0 Å². The summed E-state index contributed by atoms with van der Waals surface area (Å²) in [6, 6.07) is 0.575. The van der Waals surface area contributed by atoms with Gasteiger partial charge in [0, 0.05) is 29.3 Å². The molecule has 2 heterocycles. The molecule has 0 radical (unpaired) electrons. The number of nitrogens with one attached hydrogen (secondary N) is 1. The van der Waals surface area contributed by atoms with E-state index in [4.69, 9.17) is 16.7 Å². The van der Waals surface area contributed by atoms with Crippen LogP contribution in [0, 0.1) is 0 Å². The van der Waals surface area contributed by atoms with Crippen LogP contribution in [0.4, 0.5) is 0 Å². The van der Waals surface area contributed by atoms with Gasteiger partial charge in [-0.25, -0.2) is 0 Å². The van der Waals surface area contributed by atoms with E-state index in [0.29, 0.717) is 6.04 Å². The first-order valence-corrected chi connectivity index (χ1v) is 10.6. The second-order valence-electron chi connectivity index (χ2n) is 7.41. The van der Waals surface area contributed by atoms with E-state index < -0.39 is 0 Å². The lowest BCUT2D eigenvalue weighted by molar-refractivity contribution is 0.339. The molecular formula is C22H32ClN3. The van der Waals surface area contributed by atoms with E-state index in [2.05, 4.69) is 16.1 Å². The fraction of sp³-hybridized carbons (Fsp3) is 0.591. The first-order chi connectivity index (χ1) is 12.8. The summed E-state index contributed by atoms with van der Waals surface area (Å²) < 4.78 is 2.39. The average Bonchev–Trinajstić information content (AvgIpc) is 2.78. The van der Waals surface area contributed by atoms with Crippen LogP contribution in [0.1, 0.15) is 74.9 Å². The molecule has 26 heavy (non-hydrogen) atoms. The summed E-state index contributed by atoms with van der Waals surface area (Å²) in [6.45, 7) is 4.07. The molecule has 1 saturated carbocycles. The monoisotopic (exact) mass is 373 g/mol. The molecule has 0 aromatic carbocycles. The van der Waals surface area contributed by atoms with Crippen molar-refractivity contribution in [3.63, 3.8) is 0 Å². The standard InChI is InChI=1S/C22H32ClN3/c1-2-9-18(23)10-8-13-21-20-14-16-24-17-15-22(20)26(25-21)19-11-6-4-3-5-7-12-19/h2,8-10,13,19,24H,3-7,11-12,14-17H2,1H3/b9-2-,13-8+,18-10+. The summed E-state index contributed by atoms with van der Waals surface area (Å²) in [7, 11) is 0. The molecule has 3 nitrogen and oxygen atoms in total. The lowest BCUT2D eigenvalue weighted by atomic mass is 9.96. The molecule has 142 valence electrons. The third-order valence-corrected chi connectivity index (χ3v) is 5.75. The molecule has 0 bridgehead atoms. The summed E-state index contributed by atoms with van der Waals surface area (Å²) in [5, 5.41) is 9.37. The Bertz CT molecular complexity index is 661. The minimum absolute atomic E-state index is 0.575. The quantitative estimate of drug-likeness (QED) is 0.699. The van der Waals surface area contributed by atoms with Crippen molar-refractivity contribution in [2.75, 3.05) is 13.1 Å². The number of halogens is 1. The highest BCUT2D eigenvalue weighted by Gasteiger charge is 2.23. The summed E-state index contributed by atoms with van der Waals surface area (Å²) in [4.78, 5) is 0. The zero-order valence-electron chi connectivity index (χ0n) is 16.0. The molecule has 4 heteroatoms. The van der Waals surface area contributed by atoms with Crippen LogP contribution in [-0.2, 0) is 12.8 Å². The summed E-state index contributed by atoms with van der Waals surface area (Å²) in [6.07, 6.45) is 21.5. The van der Waals surface area contributed by atoms with Gasteiger partial charge in [0.15, 0.2) is 0 Å². The summed E-state index contributed by atoms with van der Waals surface area (Å²) in [5.74, 6) is 0. The van der Waals surface area contributed by atoms with Gasteiger partial charge in [-0.2, -0.15) is 5.10 Å². The summed E-state index contributed by atoms with van der Waals surface area (Å²) in [5.41, 5.74) is 4.03. The van der Waals surface area contributed by atoms with Crippen molar-refractivity contribution >= 4 is 17.7 Å². The topological polar surface area (TPSA) is 29.9 Å². The molecular weight excluding hydrogens is 342 g/mol.